The van der Waals surface area contributed by atoms with Crippen molar-refractivity contribution in [2.24, 2.45) is 0 Å². The Hall–Kier alpha value is -1.43. The van der Waals surface area contributed by atoms with Crippen LogP contribution in [0.25, 0.3) is 0 Å². The van der Waals surface area contributed by atoms with Gasteiger partial charge in [-0.1, -0.05) is 0 Å². The first-order valence-corrected chi connectivity index (χ1v) is 6.71. The summed E-state index contributed by atoms with van der Waals surface area (Å²) < 4.78 is 10.1. The second kappa shape index (κ2) is 5.48. The molecule has 0 saturated carbocycles. The number of hydrogen-bond acceptors (Lipinski definition) is 5. The van der Waals surface area contributed by atoms with Crippen LogP contribution in [-0.4, -0.2) is 36.2 Å². The van der Waals surface area contributed by atoms with Gasteiger partial charge in [0.25, 0.3) is 0 Å². The average Bonchev–Trinajstić information content (AvgIpc) is 2.92. The van der Waals surface area contributed by atoms with Crippen LogP contribution >= 0.6 is 11.8 Å². The van der Waals surface area contributed by atoms with Crippen LogP contribution in [0.15, 0.2) is 16.5 Å². The molecule has 2 heterocycles. The van der Waals surface area contributed by atoms with E-state index in [-0.39, 0.29) is 23.7 Å². The first-order chi connectivity index (χ1) is 8.61. The van der Waals surface area contributed by atoms with Crippen molar-refractivity contribution in [2.45, 2.75) is 18.7 Å². The van der Waals surface area contributed by atoms with Crippen LogP contribution in [0.2, 0.25) is 0 Å². The predicted octanol–water partition coefficient (Wildman–Crippen LogP) is 1.73. The number of esters is 1. The van der Waals surface area contributed by atoms with Gasteiger partial charge < -0.3 is 14.1 Å². The predicted molar refractivity (Wildman–Crippen MR) is 67.0 cm³/mol. The van der Waals surface area contributed by atoms with Crippen molar-refractivity contribution in [3.8, 4) is 0 Å². The van der Waals surface area contributed by atoms with Crippen LogP contribution in [0, 0.1) is 6.92 Å². The summed E-state index contributed by atoms with van der Waals surface area (Å²) >= 11 is 1.51. The van der Waals surface area contributed by atoms with E-state index in [1.807, 2.05) is 19.1 Å². The van der Waals surface area contributed by atoms with Crippen molar-refractivity contribution < 1.29 is 18.7 Å². The van der Waals surface area contributed by atoms with Gasteiger partial charge in [0, 0.05) is 6.54 Å². The normalized spacial score (nSPS) is 19.3. The zero-order chi connectivity index (χ0) is 13.1. The average molecular weight is 269 g/mol. The molecule has 18 heavy (non-hydrogen) atoms. The first kappa shape index (κ1) is 13.0. The number of rotatable bonds is 4. The maximum Gasteiger partial charge on any atom is 0.307 e. The monoisotopic (exact) mass is 269 g/mol. The van der Waals surface area contributed by atoms with Gasteiger partial charge in [0.1, 0.15) is 16.9 Å². The van der Waals surface area contributed by atoms with E-state index in [9.17, 15) is 9.59 Å². The van der Waals surface area contributed by atoms with Crippen molar-refractivity contribution in [1.82, 2.24) is 4.90 Å². The Kier molecular flexibility index (Phi) is 3.96. The van der Waals surface area contributed by atoms with Gasteiger partial charge in [-0.3, -0.25) is 9.59 Å². The molecule has 1 fully saturated rings. The fourth-order valence-corrected chi connectivity index (χ4v) is 2.99. The molecule has 1 atom stereocenters. The van der Waals surface area contributed by atoms with E-state index >= 15 is 0 Å². The number of hydrogen-bond donors (Lipinski definition) is 0. The van der Waals surface area contributed by atoms with Crippen LogP contribution in [-0.2, 0) is 14.3 Å². The number of amides is 1. The topological polar surface area (TPSA) is 59.8 Å². The highest BCUT2D eigenvalue weighted by atomic mass is 32.2. The molecule has 6 heteroatoms. The highest BCUT2D eigenvalue weighted by Crippen LogP contribution is 2.39. The molecule has 0 radical (unpaired) electrons. The lowest BCUT2D eigenvalue weighted by Gasteiger charge is -2.21. The Morgan fingerprint density at radius 3 is 3.00 bits per heavy atom. The van der Waals surface area contributed by atoms with E-state index in [0.717, 1.165) is 11.5 Å². The summed E-state index contributed by atoms with van der Waals surface area (Å²) in [4.78, 5) is 24.6. The molecule has 1 saturated heterocycles. The zero-order valence-corrected chi connectivity index (χ0v) is 11.2. The van der Waals surface area contributed by atoms with E-state index in [2.05, 4.69) is 4.74 Å². The molecule has 1 aromatic rings. The van der Waals surface area contributed by atoms with Crippen molar-refractivity contribution in [3.05, 3.63) is 23.7 Å². The molecule has 1 unspecified atom stereocenters. The van der Waals surface area contributed by atoms with Gasteiger partial charge in [-0.05, 0) is 19.1 Å². The molecule has 5 nitrogen and oxygen atoms in total. The number of furan rings is 1. The number of nitrogens with zero attached hydrogens (tertiary/aromatic N) is 1. The fourth-order valence-electron chi connectivity index (χ4n) is 1.83. The molecule has 1 amide bonds. The molecule has 2 rings (SSSR count). The van der Waals surface area contributed by atoms with E-state index in [1.165, 1.54) is 18.9 Å². The van der Waals surface area contributed by atoms with Crippen molar-refractivity contribution in [1.29, 1.82) is 0 Å². The van der Waals surface area contributed by atoms with Crippen LogP contribution in [0.5, 0.6) is 0 Å². The molecule has 0 spiro atoms. The molecule has 0 aliphatic carbocycles. The molecule has 98 valence electrons. The Bertz CT molecular complexity index is 457. The number of thioether (sulfide) groups is 1. The van der Waals surface area contributed by atoms with E-state index in [4.69, 9.17) is 4.42 Å². The van der Waals surface area contributed by atoms with Crippen LogP contribution in [0.1, 0.15) is 23.3 Å². The first-order valence-electron chi connectivity index (χ1n) is 5.66. The van der Waals surface area contributed by atoms with Crippen LogP contribution < -0.4 is 0 Å². The second-order valence-electron chi connectivity index (χ2n) is 4.03. The van der Waals surface area contributed by atoms with Gasteiger partial charge in [0.15, 0.2) is 0 Å². The van der Waals surface area contributed by atoms with Gasteiger partial charge in [-0.25, -0.2) is 0 Å². The fraction of sp³-hybridized carbons (Fsp3) is 0.500. The quantitative estimate of drug-likeness (QED) is 0.779. The smallest absolute Gasteiger partial charge is 0.307 e. The molecule has 1 aromatic heterocycles. The Balaban J connectivity index is 2.05. The molecular weight excluding hydrogens is 254 g/mol. The molecule has 1 aliphatic rings. The van der Waals surface area contributed by atoms with E-state index in [1.54, 1.807) is 4.90 Å². The molecule has 0 bridgehead atoms. The van der Waals surface area contributed by atoms with Crippen LogP contribution in [0.3, 0.4) is 0 Å². The van der Waals surface area contributed by atoms with E-state index in [0.29, 0.717) is 12.3 Å². The van der Waals surface area contributed by atoms with Crippen molar-refractivity contribution >= 4 is 23.6 Å². The third-order valence-electron chi connectivity index (χ3n) is 2.76. The van der Waals surface area contributed by atoms with Crippen LogP contribution in [0.4, 0.5) is 0 Å². The lowest BCUT2D eigenvalue weighted by atomic mass is 10.3. The summed E-state index contributed by atoms with van der Waals surface area (Å²) in [6, 6.07) is 3.74. The molecule has 0 aromatic carbocycles. The van der Waals surface area contributed by atoms with Crippen molar-refractivity contribution in [3.63, 3.8) is 0 Å². The SMILES string of the molecule is COC(=O)CCN1C(=O)CSC1c1ccc(C)o1. The third kappa shape index (κ3) is 2.69. The summed E-state index contributed by atoms with van der Waals surface area (Å²) in [5, 5.41) is -0.129. The number of carbonyl (C=O) groups is 2. The maximum absolute atomic E-state index is 11.8. The Morgan fingerprint density at radius 1 is 1.61 bits per heavy atom. The summed E-state index contributed by atoms with van der Waals surface area (Å²) in [6.45, 7) is 2.23. The second-order valence-corrected chi connectivity index (χ2v) is 5.09. The van der Waals surface area contributed by atoms with E-state index < -0.39 is 0 Å². The Labute approximate surface area is 109 Å². The number of methoxy groups -OCH3 is 1. The van der Waals surface area contributed by atoms with Gasteiger partial charge >= 0.3 is 5.97 Å². The molecular formula is C12H15NO4S. The maximum atomic E-state index is 11.8. The minimum atomic E-state index is -0.311. The molecule has 0 N–H and O–H groups in total. The zero-order valence-electron chi connectivity index (χ0n) is 10.3. The van der Waals surface area contributed by atoms with Gasteiger partial charge in [0.2, 0.25) is 5.91 Å². The van der Waals surface area contributed by atoms with Crippen molar-refractivity contribution in [2.75, 3.05) is 19.4 Å². The highest BCUT2D eigenvalue weighted by Gasteiger charge is 2.34. The summed E-state index contributed by atoms with van der Waals surface area (Å²) in [5.74, 6) is 1.72. The standard InChI is InChI=1S/C12H15NO4S/c1-8-3-4-9(17-8)12-13(10(14)7-18-12)6-5-11(15)16-2/h3-4,12H,5-7H2,1-2H3. The third-order valence-corrected chi connectivity index (χ3v) is 3.97. The minimum absolute atomic E-state index is 0.0305. The Morgan fingerprint density at radius 2 is 2.39 bits per heavy atom. The summed E-state index contributed by atoms with van der Waals surface area (Å²) in [5.41, 5.74) is 0. The summed E-state index contributed by atoms with van der Waals surface area (Å²) in [6.07, 6.45) is 0.207. The van der Waals surface area contributed by atoms with Gasteiger partial charge in [-0.15, -0.1) is 11.8 Å². The van der Waals surface area contributed by atoms with Gasteiger partial charge in [-0.2, -0.15) is 0 Å². The number of aryl methyl sites for hydroxylation is 1. The number of ether oxygens (including phenoxy) is 1. The summed E-state index contributed by atoms with van der Waals surface area (Å²) in [7, 11) is 1.34. The molecule has 1 aliphatic heterocycles. The largest absolute Gasteiger partial charge is 0.469 e. The lowest BCUT2D eigenvalue weighted by molar-refractivity contribution is -0.141. The van der Waals surface area contributed by atoms with Gasteiger partial charge in [0.05, 0.1) is 19.3 Å². The minimum Gasteiger partial charge on any atom is -0.469 e. The number of carbonyl (C=O) groups excluding carboxylic acids is 2. The lowest BCUT2D eigenvalue weighted by Crippen LogP contribution is -2.30. The highest BCUT2D eigenvalue weighted by molar-refractivity contribution is 8.00.